The number of carbonyl (C=O) groups excluding carboxylic acids is 1. The molecule has 33 heavy (non-hydrogen) atoms. The van der Waals surface area contributed by atoms with E-state index in [-0.39, 0.29) is 27.8 Å². The van der Waals surface area contributed by atoms with Crippen molar-refractivity contribution in [3.63, 3.8) is 0 Å². The minimum absolute atomic E-state index is 0.0583. The van der Waals surface area contributed by atoms with Gasteiger partial charge in [-0.25, -0.2) is 0 Å². The summed E-state index contributed by atoms with van der Waals surface area (Å²) in [6, 6.07) is 8.45. The summed E-state index contributed by atoms with van der Waals surface area (Å²) in [4.78, 5) is 12.3. The molecule has 0 bridgehead atoms. The van der Waals surface area contributed by atoms with E-state index in [2.05, 4.69) is 71.9 Å². The smallest absolute Gasteiger partial charge is 0.166 e. The summed E-state index contributed by atoms with van der Waals surface area (Å²) in [5.74, 6) is 0.324. The summed E-state index contributed by atoms with van der Waals surface area (Å²) >= 11 is 0. The number of ketones is 1. The molecule has 0 aromatic heterocycles. The average Bonchev–Trinajstić information content (AvgIpc) is 3.52. The highest BCUT2D eigenvalue weighted by Crippen LogP contribution is 2.53. The fraction of sp³-hybridized carbons (Fsp3) is 0.516. The molecule has 1 N–H and O–H groups in total. The molecule has 2 nitrogen and oxygen atoms in total. The van der Waals surface area contributed by atoms with Crippen molar-refractivity contribution in [2.75, 3.05) is 0 Å². The molecular formula is C31H40O2. The van der Waals surface area contributed by atoms with Crippen molar-refractivity contribution in [3.8, 4) is 0 Å². The van der Waals surface area contributed by atoms with E-state index in [0.29, 0.717) is 18.4 Å². The predicted octanol–water partition coefficient (Wildman–Crippen LogP) is 8.41. The van der Waals surface area contributed by atoms with Crippen LogP contribution >= 0.6 is 0 Å². The van der Waals surface area contributed by atoms with E-state index in [4.69, 9.17) is 0 Å². The zero-order valence-corrected chi connectivity index (χ0v) is 21.3. The van der Waals surface area contributed by atoms with E-state index in [1.165, 1.54) is 29.6 Å². The number of allylic oxidation sites excluding steroid dienone is 8. The molecule has 0 heterocycles. The largest absolute Gasteiger partial charge is 0.512 e. The van der Waals surface area contributed by atoms with Crippen LogP contribution in [0.1, 0.15) is 97.6 Å². The molecule has 1 aromatic rings. The molecule has 1 fully saturated rings. The maximum Gasteiger partial charge on any atom is 0.166 e. The molecular weight excluding hydrogens is 404 g/mol. The lowest BCUT2D eigenvalue weighted by Crippen LogP contribution is -2.25. The third-order valence-electron chi connectivity index (χ3n) is 8.10. The van der Waals surface area contributed by atoms with E-state index in [1.54, 1.807) is 5.57 Å². The Labute approximate surface area is 200 Å². The third-order valence-corrected chi connectivity index (χ3v) is 8.10. The van der Waals surface area contributed by atoms with Crippen molar-refractivity contribution in [2.24, 2.45) is 10.8 Å². The van der Waals surface area contributed by atoms with Crippen LogP contribution in [0.3, 0.4) is 0 Å². The van der Waals surface area contributed by atoms with Gasteiger partial charge in [0.1, 0.15) is 5.76 Å². The SMILES string of the molecule is CCC1=C(/C=C(/C)CC2(c3ccc(C4=C(O)CCCC4=O)cc3)CC2)C(C)(C)C=CC1(C)C. The van der Waals surface area contributed by atoms with Crippen LogP contribution < -0.4 is 0 Å². The molecule has 0 unspecified atom stereocenters. The van der Waals surface area contributed by atoms with Crippen molar-refractivity contribution in [1.82, 2.24) is 0 Å². The molecule has 1 saturated carbocycles. The van der Waals surface area contributed by atoms with Crippen molar-refractivity contribution < 1.29 is 9.90 Å². The topological polar surface area (TPSA) is 37.3 Å². The monoisotopic (exact) mass is 444 g/mol. The highest BCUT2D eigenvalue weighted by molar-refractivity contribution is 6.21. The lowest BCUT2D eigenvalue weighted by molar-refractivity contribution is -0.114. The molecule has 0 aliphatic heterocycles. The zero-order valence-electron chi connectivity index (χ0n) is 21.3. The summed E-state index contributed by atoms with van der Waals surface area (Å²) in [5, 5.41) is 10.3. The van der Waals surface area contributed by atoms with Gasteiger partial charge in [-0.15, -0.1) is 0 Å². The highest BCUT2D eigenvalue weighted by atomic mass is 16.3. The zero-order chi connectivity index (χ0) is 24.0. The first-order valence-electron chi connectivity index (χ1n) is 12.7. The maximum atomic E-state index is 12.3. The number of aliphatic hydroxyl groups is 1. The number of aliphatic hydroxyl groups excluding tert-OH is 1. The number of hydrogen-bond donors (Lipinski definition) is 1. The van der Waals surface area contributed by atoms with E-state index < -0.39 is 0 Å². The van der Waals surface area contributed by atoms with Gasteiger partial charge in [0.15, 0.2) is 5.78 Å². The van der Waals surface area contributed by atoms with Gasteiger partial charge in [-0.05, 0) is 61.1 Å². The van der Waals surface area contributed by atoms with E-state index in [1.807, 2.05) is 12.1 Å². The second-order valence-corrected chi connectivity index (χ2v) is 11.6. The molecule has 2 heteroatoms. The first-order chi connectivity index (χ1) is 15.5. The van der Waals surface area contributed by atoms with Crippen LogP contribution in [-0.4, -0.2) is 10.9 Å². The molecule has 0 amide bonds. The van der Waals surface area contributed by atoms with Gasteiger partial charge in [0.25, 0.3) is 0 Å². The number of rotatable bonds is 6. The first-order valence-corrected chi connectivity index (χ1v) is 12.7. The van der Waals surface area contributed by atoms with Gasteiger partial charge in [-0.3, -0.25) is 4.79 Å². The van der Waals surface area contributed by atoms with Gasteiger partial charge >= 0.3 is 0 Å². The highest BCUT2D eigenvalue weighted by Gasteiger charge is 2.44. The fourth-order valence-corrected chi connectivity index (χ4v) is 5.96. The Balaban J connectivity index is 1.59. The van der Waals surface area contributed by atoms with Crippen LogP contribution in [0.5, 0.6) is 0 Å². The van der Waals surface area contributed by atoms with Crippen molar-refractivity contribution in [1.29, 1.82) is 0 Å². The normalized spacial score (nSPS) is 23.8. The lowest BCUT2D eigenvalue weighted by Gasteiger charge is -2.38. The number of carbonyl (C=O) groups is 1. The lowest BCUT2D eigenvalue weighted by atomic mass is 9.66. The third kappa shape index (κ3) is 4.54. The Bertz CT molecular complexity index is 1070. The van der Waals surface area contributed by atoms with Crippen LogP contribution in [0.25, 0.3) is 5.57 Å². The second-order valence-electron chi connectivity index (χ2n) is 11.6. The standard InChI is InChI=1S/C31H40O2/c1-7-24-25(30(5,6)16-15-29(24,3)4)19-21(2)20-31(17-18-31)23-13-11-22(12-14-23)28-26(32)9-8-10-27(28)33/h11-16,19,32H,7-10,17-18,20H2,1-6H3/b21-19-. The number of Topliss-reactive ketones (excluding diaryl/α,β-unsaturated/α-hetero) is 1. The number of hydrogen-bond acceptors (Lipinski definition) is 2. The van der Waals surface area contributed by atoms with Gasteiger partial charge in [-0.2, -0.15) is 0 Å². The van der Waals surface area contributed by atoms with Crippen molar-refractivity contribution >= 4 is 11.4 Å². The fourth-order valence-electron chi connectivity index (χ4n) is 5.96. The molecule has 176 valence electrons. The molecule has 3 aliphatic carbocycles. The molecule has 0 spiro atoms. The Morgan fingerprint density at radius 3 is 2.21 bits per heavy atom. The second kappa shape index (κ2) is 8.46. The van der Waals surface area contributed by atoms with E-state index >= 15 is 0 Å². The van der Waals surface area contributed by atoms with E-state index in [0.717, 1.165) is 24.8 Å². The summed E-state index contributed by atoms with van der Waals surface area (Å²) in [6.07, 6.45) is 13.7. The average molecular weight is 445 g/mol. The minimum atomic E-state index is 0.0583. The number of benzene rings is 1. The predicted molar refractivity (Wildman–Crippen MR) is 138 cm³/mol. The van der Waals surface area contributed by atoms with Crippen LogP contribution in [-0.2, 0) is 10.2 Å². The van der Waals surface area contributed by atoms with Gasteiger partial charge in [0.05, 0.1) is 5.57 Å². The van der Waals surface area contributed by atoms with Crippen LogP contribution in [0, 0.1) is 10.8 Å². The minimum Gasteiger partial charge on any atom is -0.512 e. The Morgan fingerprint density at radius 2 is 1.64 bits per heavy atom. The molecule has 4 rings (SSSR count). The van der Waals surface area contributed by atoms with Crippen LogP contribution in [0.4, 0.5) is 0 Å². The summed E-state index contributed by atoms with van der Waals surface area (Å²) in [7, 11) is 0. The Morgan fingerprint density at radius 1 is 1.00 bits per heavy atom. The maximum absolute atomic E-state index is 12.3. The first kappa shape index (κ1) is 23.8. The van der Waals surface area contributed by atoms with Crippen molar-refractivity contribution in [3.05, 3.63) is 76.1 Å². The van der Waals surface area contributed by atoms with Gasteiger partial charge in [-0.1, -0.05) is 88.3 Å². The molecule has 0 radical (unpaired) electrons. The van der Waals surface area contributed by atoms with Crippen LogP contribution in [0.15, 0.2) is 65.0 Å². The van der Waals surface area contributed by atoms with Gasteiger partial charge in [0.2, 0.25) is 0 Å². The molecule has 3 aliphatic rings. The van der Waals surface area contributed by atoms with Gasteiger partial charge in [0, 0.05) is 23.7 Å². The van der Waals surface area contributed by atoms with E-state index in [9.17, 15) is 9.90 Å². The quantitative estimate of drug-likeness (QED) is 0.447. The van der Waals surface area contributed by atoms with Gasteiger partial charge < -0.3 is 5.11 Å². The van der Waals surface area contributed by atoms with Crippen LogP contribution in [0.2, 0.25) is 0 Å². The summed E-state index contributed by atoms with van der Waals surface area (Å²) in [5.41, 5.74) is 7.61. The molecule has 1 aromatic carbocycles. The summed E-state index contributed by atoms with van der Waals surface area (Å²) < 4.78 is 0. The molecule has 0 saturated heterocycles. The summed E-state index contributed by atoms with van der Waals surface area (Å²) in [6.45, 7) is 13.9. The van der Waals surface area contributed by atoms with Crippen molar-refractivity contribution in [2.45, 2.75) is 91.9 Å². The molecule has 0 atom stereocenters. The Kier molecular flexibility index (Phi) is 6.10. The Hall–Kier alpha value is -2.35.